The lowest BCUT2D eigenvalue weighted by molar-refractivity contribution is -0.159. The van der Waals surface area contributed by atoms with E-state index in [-0.39, 0.29) is 31.7 Å². The number of hydroxylamine groups is 1. The lowest BCUT2D eigenvalue weighted by atomic mass is 9.80. The first-order valence-electron chi connectivity index (χ1n) is 9.91. The second-order valence-electron chi connectivity index (χ2n) is 7.78. The first kappa shape index (κ1) is 26.4. The number of halogens is 1. The fourth-order valence-electron chi connectivity index (χ4n) is 3.12. The Balaban J connectivity index is 3.15. The van der Waals surface area contributed by atoms with Gasteiger partial charge in [0.2, 0.25) is 11.8 Å². The van der Waals surface area contributed by atoms with Crippen molar-refractivity contribution in [3.63, 3.8) is 0 Å². The van der Waals surface area contributed by atoms with E-state index in [0.29, 0.717) is 10.6 Å². The first-order valence-corrected chi connectivity index (χ1v) is 10.3. The van der Waals surface area contributed by atoms with E-state index in [2.05, 4.69) is 10.6 Å². The van der Waals surface area contributed by atoms with Gasteiger partial charge in [0.15, 0.2) is 5.60 Å². The largest absolute Gasteiger partial charge is 0.379 e. The van der Waals surface area contributed by atoms with Crippen molar-refractivity contribution in [1.29, 1.82) is 5.26 Å². The summed E-state index contributed by atoms with van der Waals surface area (Å²) in [7, 11) is 0. The molecule has 0 heterocycles. The summed E-state index contributed by atoms with van der Waals surface area (Å²) in [5, 5.41) is 34.3. The van der Waals surface area contributed by atoms with Crippen molar-refractivity contribution in [2.24, 2.45) is 11.8 Å². The zero-order valence-electron chi connectivity index (χ0n) is 17.8. The van der Waals surface area contributed by atoms with Crippen LogP contribution >= 0.6 is 11.6 Å². The predicted octanol–water partition coefficient (Wildman–Crippen LogP) is 1.32. The van der Waals surface area contributed by atoms with Crippen molar-refractivity contribution < 1.29 is 24.7 Å². The Morgan fingerprint density at radius 1 is 1.16 bits per heavy atom. The van der Waals surface area contributed by atoms with E-state index < -0.39 is 35.3 Å². The van der Waals surface area contributed by atoms with Gasteiger partial charge < -0.3 is 15.7 Å². The number of nitrogens with zero attached hydrogens (tertiary/aromatic N) is 1. The standard InChI is InChI=1S/C21H29ClN4O5/c1-13(2)12-21(30,14(3)18(27)26-31)20(29)25-17(19(28)24-10-4-9-23)11-15-5-7-16(22)8-6-15/h5-8,13-14,17,30-31H,4,10-12H2,1-3H3,(H,24,28)(H,25,29)(H,26,27)/t14?,17-,21-/m0/s1. The van der Waals surface area contributed by atoms with Crippen LogP contribution < -0.4 is 16.1 Å². The molecule has 0 aromatic heterocycles. The average molecular weight is 453 g/mol. The van der Waals surface area contributed by atoms with Gasteiger partial charge in [-0.05, 0) is 30.0 Å². The third-order valence-corrected chi connectivity index (χ3v) is 5.10. The number of nitrogens with one attached hydrogen (secondary N) is 3. The van der Waals surface area contributed by atoms with E-state index in [0.717, 1.165) is 0 Å². The van der Waals surface area contributed by atoms with Crippen molar-refractivity contribution in [2.45, 2.75) is 51.7 Å². The van der Waals surface area contributed by atoms with Crippen LogP contribution in [0.1, 0.15) is 39.2 Å². The van der Waals surface area contributed by atoms with Crippen LogP contribution in [0.4, 0.5) is 0 Å². The Labute approximate surface area is 186 Å². The van der Waals surface area contributed by atoms with Gasteiger partial charge in [-0.1, -0.05) is 44.5 Å². The molecule has 5 N–H and O–H groups in total. The Hall–Kier alpha value is -2.67. The van der Waals surface area contributed by atoms with Crippen LogP contribution in [0, 0.1) is 23.2 Å². The van der Waals surface area contributed by atoms with Crippen LogP contribution in [0.3, 0.4) is 0 Å². The third kappa shape index (κ3) is 7.83. The molecule has 0 bridgehead atoms. The number of hydrogen-bond donors (Lipinski definition) is 5. The normalized spacial score (nSPS) is 14.6. The van der Waals surface area contributed by atoms with E-state index in [1.54, 1.807) is 38.1 Å². The Morgan fingerprint density at radius 3 is 2.29 bits per heavy atom. The molecule has 1 rings (SSSR count). The predicted molar refractivity (Wildman–Crippen MR) is 114 cm³/mol. The third-order valence-electron chi connectivity index (χ3n) is 4.84. The molecule has 3 amide bonds. The lowest BCUT2D eigenvalue weighted by Gasteiger charge is -2.34. The van der Waals surface area contributed by atoms with Gasteiger partial charge in [-0.15, -0.1) is 0 Å². The molecule has 170 valence electrons. The highest BCUT2D eigenvalue weighted by atomic mass is 35.5. The number of carbonyl (C=O) groups is 3. The SMILES string of the molecule is CC(C)C[C@@](O)(C(=O)N[C@@H](Cc1ccc(Cl)cc1)C(=O)NCCC#N)C(C)C(=O)NO. The summed E-state index contributed by atoms with van der Waals surface area (Å²) in [5.41, 5.74) is -0.000695. The molecule has 1 unspecified atom stereocenters. The molecule has 0 saturated carbocycles. The van der Waals surface area contributed by atoms with Crippen molar-refractivity contribution in [3.8, 4) is 6.07 Å². The molecule has 0 fully saturated rings. The Kier molecular flexibility index (Phi) is 10.4. The fourth-order valence-corrected chi connectivity index (χ4v) is 3.24. The minimum atomic E-state index is -2.16. The molecule has 0 aliphatic rings. The molecule has 3 atom stereocenters. The molecule has 0 spiro atoms. The highest BCUT2D eigenvalue weighted by molar-refractivity contribution is 6.30. The van der Waals surface area contributed by atoms with Gasteiger partial charge in [-0.2, -0.15) is 5.26 Å². The number of rotatable bonds is 11. The fraction of sp³-hybridized carbons (Fsp3) is 0.524. The number of nitriles is 1. The zero-order valence-corrected chi connectivity index (χ0v) is 18.6. The van der Waals surface area contributed by atoms with E-state index in [1.807, 2.05) is 6.07 Å². The van der Waals surface area contributed by atoms with E-state index in [4.69, 9.17) is 22.1 Å². The molecule has 31 heavy (non-hydrogen) atoms. The molecular formula is C21H29ClN4O5. The van der Waals surface area contributed by atoms with Crippen molar-refractivity contribution in [2.75, 3.05) is 6.54 Å². The number of benzene rings is 1. The van der Waals surface area contributed by atoms with Gasteiger partial charge in [0.25, 0.3) is 5.91 Å². The minimum Gasteiger partial charge on any atom is -0.379 e. The topological polar surface area (TPSA) is 152 Å². The minimum absolute atomic E-state index is 0.0723. The smallest absolute Gasteiger partial charge is 0.253 e. The van der Waals surface area contributed by atoms with E-state index in [9.17, 15) is 19.5 Å². The van der Waals surface area contributed by atoms with Crippen LogP contribution in [0.2, 0.25) is 5.02 Å². The maximum absolute atomic E-state index is 13.1. The van der Waals surface area contributed by atoms with Crippen LogP contribution in [0.25, 0.3) is 0 Å². The van der Waals surface area contributed by atoms with Crippen LogP contribution in [-0.4, -0.2) is 46.2 Å². The van der Waals surface area contributed by atoms with Gasteiger partial charge in [0.1, 0.15) is 6.04 Å². The van der Waals surface area contributed by atoms with E-state index >= 15 is 0 Å². The Bertz CT molecular complexity index is 809. The molecule has 0 radical (unpaired) electrons. The van der Waals surface area contributed by atoms with Gasteiger partial charge >= 0.3 is 0 Å². The van der Waals surface area contributed by atoms with Crippen molar-refractivity contribution in [3.05, 3.63) is 34.9 Å². The molecule has 9 nitrogen and oxygen atoms in total. The summed E-state index contributed by atoms with van der Waals surface area (Å²) in [6, 6.07) is 7.53. The summed E-state index contributed by atoms with van der Waals surface area (Å²) in [4.78, 5) is 37.7. The monoisotopic (exact) mass is 452 g/mol. The summed E-state index contributed by atoms with van der Waals surface area (Å²) >= 11 is 5.90. The molecule has 0 saturated heterocycles. The highest BCUT2D eigenvalue weighted by Gasteiger charge is 2.46. The number of amides is 3. The van der Waals surface area contributed by atoms with E-state index in [1.165, 1.54) is 12.4 Å². The molecule has 10 heteroatoms. The van der Waals surface area contributed by atoms with Crippen LogP contribution in [0.15, 0.2) is 24.3 Å². The molecule has 0 aliphatic heterocycles. The van der Waals surface area contributed by atoms with Crippen LogP contribution in [0.5, 0.6) is 0 Å². The van der Waals surface area contributed by atoms with Gasteiger partial charge in [0.05, 0.1) is 18.4 Å². The molecule has 1 aromatic carbocycles. The first-order chi connectivity index (χ1) is 14.5. The summed E-state index contributed by atoms with van der Waals surface area (Å²) < 4.78 is 0. The van der Waals surface area contributed by atoms with Gasteiger partial charge in [-0.3, -0.25) is 19.6 Å². The maximum Gasteiger partial charge on any atom is 0.253 e. The Morgan fingerprint density at radius 2 is 1.77 bits per heavy atom. The maximum atomic E-state index is 13.1. The summed E-state index contributed by atoms with van der Waals surface area (Å²) in [6.45, 7) is 4.94. The van der Waals surface area contributed by atoms with Gasteiger partial charge in [-0.25, -0.2) is 5.48 Å². The van der Waals surface area contributed by atoms with Crippen molar-refractivity contribution >= 4 is 29.3 Å². The number of aliphatic hydroxyl groups is 1. The average Bonchev–Trinajstić information content (AvgIpc) is 2.72. The number of hydrogen-bond acceptors (Lipinski definition) is 6. The second kappa shape index (κ2) is 12.2. The lowest BCUT2D eigenvalue weighted by Crippen LogP contribution is -2.60. The quantitative estimate of drug-likeness (QED) is 0.194. The second-order valence-corrected chi connectivity index (χ2v) is 8.21. The molecule has 1 aromatic rings. The number of carbonyl (C=O) groups excluding carboxylic acids is 3. The zero-order chi connectivity index (χ0) is 23.6. The summed E-state index contributed by atoms with van der Waals surface area (Å²) in [5.74, 6) is -3.82. The van der Waals surface area contributed by atoms with Crippen LogP contribution in [-0.2, 0) is 20.8 Å². The molecular weight excluding hydrogens is 424 g/mol. The highest BCUT2D eigenvalue weighted by Crippen LogP contribution is 2.27. The van der Waals surface area contributed by atoms with Crippen molar-refractivity contribution in [1.82, 2.24) is 16.1 Å². The summed E-state index contributed by atoms with van der Waals surface area (Å²) in [6.07, 6.45) is 0.120. The van der Waals surface area contributed by atoms with Gasteiger partial charge in [0, 0.05) is 18.0 Å². The molecule has 0 aliphatic carbocycles.